The summed E-state index contributed by atoms with van der Waals surface area (Å²) < 4.78 is 68.2. The Hall–Kier alpha value is -1.94. The molecular weight excluding hydrogens is 1170 g/mol. The van der Waals surface area contributed by atoms with Crippen molar-refractivity contribution in [2.24, 2.45) is 23.7 Å². The molecule has 0 saturated carbocycles. The molecule has 0 rings (SSSR count). The van der Waals surface area contributed by atoms with Gasteiger partial charge in [0.2, 0.25) is 0 Å². The highest BCUT2D eigenvalue weighted by Crippen LogP contribution is 2.45. The number of phosphoric acid groups is 2. The molecule has 4 unspecified atom stereocenters. The second kappa shape index (κ2) is 59.8. The molecule has 0 fully saturated rings. The first-order valence-electron chi connectivity index (χ1n) is 36.3. The van der Waals surface area contributed by atoms with Crippen LogP contribution < -0.4 is 0 Å². The maximum absolute atomic E-state index is 13.0. The van der Waals surface area contributed by atoms with Gasteiger partial charge in [-0.3, -0.25) is 37.3 Å². The summed E-state index contributed by atoms with van der Waals surface area (Å²) in [5.41, 5.74) is 0. The first-order valence-corrected chi connectivity index (χ1v) is 39.3. The second-order valence-electron chi connectivity index (χ2n) is 26.7. The van der Waals surface area contributed by atoms with E-state index in [0.29, 0.717) is 31.6 Å². The number of aliphatic hydroxyl groups is 1. The summed E-state index contributed by atoms with van der Waals surface area (Å²) in [6, 6.07) is 0. The van der Waals surface area contributed by atoms with Crippen LogP contribution in [0.5, 0.6) is 0 Å². The summed E-state index contributed by atoms with van der Waals surface area (Å²) in [6.45, 7) is 14.0. The van der Waals surface area contributed by atoms with Crippen molar-refractivity contribution in [3.8, 4) is 0 Å². The minimum Gasteiger partial charge on any atom is -0.462 e. The average Bonchev–Trinajstić information content (AvgIpc) is 3.69. The molecule has 19 heteroatoms. The highest BCUT2D eigenvalue weighted by atomic mass is 31.2. The Labute approximate surface area is 543 Å². The van der Waals surface area contributed by atoms with Crippen molar-refractivity contribution in [2.75, 3.05) is 39.6 Å². The molecule has 0 aromatic rings. The van der Waals surface area contributed by atoms with E-state index < -0.39 is 97.5 Å². The molecule has 0 saturated heterocycles. The lowest BCUT2D eigenvalue weighted by Gasteiger charge is -2.21. The van der Waals surface area contributed by atoms with Gasteiger partial charge in [-0.05, 0) is 49.4 Å². The topological polar surface area (TPSA) is 237 Å². The van der Waals surface area contributed by atoms with E-state index in [-0.39, 0.29) is 25.7 Å². The van der Waals surface area contributed by atoms with Crippen LogP contribution in [-0.4, -0.2) is 96.7 Å². The van der Waals surface area contributed by atoms with Gasteiger partial charge < -0.3 is 33.8 Å². The van der Waals surface area contributed by atoms with Gasteiger partial charge in [0.05, 0.1) is 26.4 Å². The van der Waals surface area contributed by atoms with Crippen LogP contribution in [-0.2, 0) is 65.4 Å². The Morgan fingerprint density at radius 1 is 0.315 bits per heavy atom. The van der Waals surface area contributed by atoms with Crippen LogP contribution in [0, 0.1) is 23.7 Å². The largest absolute Gasteiger partial charge is 0.472 e. The Balaban J connectivity index is 5.20. The Bertz CT molecular complexity index is 1770. The van der Waals surface area contributed by atoms with Crippen LogP contribution in [0.25, 0.3) is 0 Å². The van der Waals surface area contributed by atoms with Gasteiger partial charge in [-0.1, -0.05) is 293 Å². The minimum atomic E-state index is -4.95. The molecule has 89 heavy (non-hydrogen) atoms. The van der Waals surface area contributed by atoms with Crippen LogP contribution in [0.1, 0.15) is 344 Å². The standard InChI is InChI=1S/C70H136O17P2/c1-9-62(7)48-40-32-23-19-15-13-11-12-14-16-20-24-34-42-50-67(72)80-56-65(86-69(74)52-44-36-25-21-17-18-22-30-38-46-60(3)4)58-84-88(76,77)82-54-64(71)55-83-89(78,79)85-59-66(87-70(75)53-45-37-28-26-31-39-47-61(5)6)57-81-68(73)51-43-35-29-27-33-41-49-63(8)10-2/h60-66,71H,9-59H2,1-8H3,(H,76,77)(H,78,79)/t62?,63?,64-,65-,66-/m1/s1. The number of phosphoric ester groups is 2. The molecule has 0 bridgehead atoms. The third-order valence-corrected chi connectivity index (χ3v) is 18.7. The molecule has 3 N–H and O–H groups in total. The number of esters is 4. The minimum absolute atomic E-state index is 0.101. The molecule has 528 valence electrons. The number of ether oxygens (including phenoxy) is 4. The molecule has 0 aliphatic carbocycles. The molecule has 0 aromatic carbocycles. The van der Waals surface area contributed by atoms with E-state index in [4.69, 9.17) is 37.0 Å². The molecule has 17 nitrogen and oxygen atoms in total. The normalized spacial score (nSPS) is 14.9. The highest BCUT2D eigenvalue weighted by Gasteiger charge is 2.30. The summed E-state index contributed by atoms with van der Waals surface area (Å²) in [6.07, 6.45) is 41.9. The van der Waals surface area contributed by atoms with Crippen molar-refractivity contribution in [2.45, 2.75) is 363 Å². The van der Waals surface area contributed by atoms with E-state index in [1.807, 2.05) is 0 Å². The maximum Gasteiger partial charge on any atom is 0.472 e. The van der Waals surface area contributed by atoms with Gasteiger partial charge in [0.15, 0.2) is 12.2 Å². The predicted molar refractivity (Wildman–Crippen MR) is 358 cm³/mol. The first kappa shape index (κ1) is 87.1. The average molecular weight is 1310 g/mol. The van der Waals surface area contributed by atoms with Gasteiger partial charge in [0, 0.05) is 25.7 Å². The van der Waals surface area contributed by atoms with E-state index in [0.717, 1.165) is 114 Å². The van der Waals surface area contributed by atoms with Gasteiger partial charge in [-0.25, -0.2) is 9.13 Å². The summed E-state index contributed by atoms with van der Waals surface area (Å²) >= 11 is 0. The first-order chi connectivity index (χ1) is 42.7. The van der Waals surface area contributed by atoms with E-state index in [9.17, 15) is 43.2 Å². The molecule has 0 heterocycles. The number of carbonyl (C=O) groups is 4. The van der Waals surface area contributed by atoms with E-state index in [1.165, 1.54) is 141 Å². The highest BCUT2D eigenvalue weighted by molar-refractivity contribution is 7.47. The lowest BCUT2D eigenvalue weighted by molar-refractivity contribution is -0.161. The van der Waals surface area contributed by atoms with Gasteiger partial charge >= 0.3 is 39.5 Å². The Kier molecular flexibility index (Phi) is 58.5. The number of unbranched alkanes of at least 4 members (excludes halogenated alkanes) is 31. The van der Waals surface area contributed by atoms with E-state index >= 15 is 0 Å². The molecule has 0 radical (unpaired) electrons. The molecule has 0 aromatic heterocycles. The van der Waals surface area contributed by atoms with Crippen molar-refractivity contribution < 1.29 is 80.2 Å². The van der Waals surface area contributed by atoms with Crippen molar-refractivity contribution in [3.63, 3.8) is 0 Å². The Morgan fingerprint density at radius 2 is 0.539 bits per heavy atom. The third-order valence-electron chi connectivity index (χ3n) is 16.8. The number of rotatable bonds is 67. The monoisotopic (exact) mass is 1310 g/mol. The lowest BCUT2D eigenvalue weighted by Crippen LogP contribution is -2.30. The SMILES string of the molecule is CCC(C)CCCCCCCCCCCCCCCCC(=O)OC[C@H](COP(=O)(O)OC[C@@H](O)COP(=O)(O)OC[C@@H](COC(=O)CCCCCCCCC(C)CC)OC(=O)CCCCCCCCC(C)C)OC(=O)CCCCCCCCCCCC(C)C. The quantitative estimate of drug-likeness (QED) is 0.0222. The number of hydrogen-bond donors (Lipinski definition) is 3. The zero-order valence-electron chi connectivity index (χ0n) is 58.1. The number of aliphatic hydroxyl groups excluding tert-OH is 1. The molecule has 0 aliphatic heterocycles. The fourth-order valence-corrected chi connectivity index (χ4v) is 12.0. The van der Waals surface area contributed by atoms with Crippen molar-refractivity contribution in [3.05, 3.63) is 0 Å². The molecular formula is C70H136O17P2. The smallest absolute Gasteiger partial charge is 0.462 e. The van der Waals surface area contributed by atoms with Crippen molar-refractivity contribution >= 4 is 39.5 Å². The summed E-state index contributed by atoms with van der Waals surface area (Å²) in [4.78, 5) is 72.4. The zero-order valence-corrected chi connectivity index (χ0v) is 59.8. The Morgan fingerprint density at radius 3 is 0.798 bits per heavy atom. The maximum atomic E-state index is 13.0. The summed E-state index contributed by atoms with van der Waals surface area (Å²) in [5, 5.41) is 10.6. The van der Waals surface area contributed by atoms with Crippen molar-refractivity contribution in [1.29, 1.82) is 0 Å². The molecule has 0 spiro atoms. The number of carbonyl (C=O) groups excluding carboxylic acids is 4. The lowest BCUT2D eigenvalue weighted by atomic mass is 9.99. The second-order valence-corrected chi connectivity index (χ2v) is 29.6. The van der Waals surface area contributed by atoms with Crippen LogP contribution in [0.3, 0.4) is 0 Å². The fourth-order valence-electron chi connectivity index (χ4n) is 10.4. The summed E-state index contributed by atoms with van der Waals surface area (Å²) in [5.74, 6) is 0.851. The van der Waals surface area contributed by atoms with Gasteiger partial charge in [-0.2, -0.15) is 0 Å². The van der Waals surface area contributed by atoms with E-state index in [2.05, 4.69) is 55.4 Å². The van der Waals surface area contributed by atoms with Gasteiger partial charge in [-0.15, -0.1) is 0 Å². The van der Waals surface area contributed by atoms with Crippen LogP contribution in [0.2, 0.25) is 0 Å². The van der Waals surface area contributed by atoms with Crippen LogP contribution in [0.15, 0.2) is 0 Å². The molecule has 7 atom stereocenters. The van der Waals surface area contributed by atoms with Crippen LogP contribution in [0.4, 0.5) is 0 Å². The summed E-state index contributed by atoms with van der Waals surface area (Å²) in [7, 11) is -9.90. The zero-order chi connectivity index (χ0) is 66.1. The number of hydrogen-bond acceptors (Lipinski definition) is 15. The third kappa shape index (κ3) is 62.0. The van der Waals surface area contributed by atoms with Gasteiger partial charge in [0.25, 0.3) is 0 Å². The van der Waals surface area contributed by atoms with Crippen LogP contribution >= 0.6 is 15.6 Å². The van der Waals surface area contributed by atoms with Crippen molar-refractivity contribution in [1.82, 2.24) is 0 Å². The predicted octanol–water partition coefficient (Wildman–Crippen LogP) is 19.7. The van der Waals surface area contributed by atoms with E-state index in [1.54, 1.807) is 0 Å². The fraction of sp³-hybridized carbons (Fsp3) is 0.943. The molecule has 0 amide bonds. The molecule has 0 aliphatic rings. The van der Waals surface area contributed by atoms with Gasteiger partial charge in [0.1, 0.15) is 19.3 Å².